The van der Waals surface area contributed by atoms with Crippen molar-refractivity contribution in [3.63, 3.8) is 0 Å². The van der Waals surface area contributed by atoms with Crippen LogP contribution in [0.25, 0.3) is 0 Å². The Hall–Kier alpha value is -1.30. The van der Waals surface area contributed by atoms with Crippen molar-refractivity contribution in [3.05, 3.63) is 0 Å². The van der Waals surface area contributed by atoms with Gasteiger partial charge in [-0.2, -0.15) is 0 Å². The summed E-state index contributed by atoms with van der Waals surface area (Å²) in [5.41, 5.74) is -0.880. The maximum atomic E-state index is 11.8. The molecule has 0 saturated carbocycles. The molecule has 2 atom stereocenters. The first-order valence-electron chi connectivity index (χ1n) is 6.84. The Morgan fingerprint density at radius 1 is 1.37 bits per heavy atom. The van der Waals surface area contributed by atoms with Gasteiger partial charge in [0.25, 0.3) is 0 Å². The molecule has 110 valence electrons. The summed E-state index contributed by atoms with van der Waals surface area (Å²) in [6, 6.07) is -0.322. The zero-order valence-corrected chi connectivity index (χ0v) is 11.9. The van der Waals surface area contributed by atoms with Crippen molar-refractivity contribution in [3.8, 4) is 0 Å². The van der Waals surface area contributed by atoms with Crippen LogP contribution in [0.2, 0.25) is 0 Å². The molecule has 1 heterocycles. The van der Waals surface area contributed by atoms with E-state index in [1.807, 2.05) is 20.8 Å². The van der Waals surface area contributed by atoms with E-state index < -0.39 is 11.4 Å². The molecule has 1 fully saturated rings. The first kappa shape index (κ1) is 15.8. The predicted molar refractivity (Wildman–Crippen MR) is 71.0 cm³/mol. The molecule has 0 aromatic heterocycles. The van der Waals surface area contributed by atoms with E-state index in [9.17, 15) is 14.7 Å². The molecule has 1 rings (SSSR count). The van der Waals surface area contributed by atoms with Crippen molar-refractivity contribution >= 4 is 12.0 Å². The molecule has 2 amide bonds. The number of carboxylic acid groups (broad SMARTS) is 1. The molecular weight excluding hydrogens is 248 g/mol. The second kappa shape index (κ2) is 6.75. The Bertz CT molecular complexity index is 329. The van der Waals surface area contributed by atoms with Gasteiger partial charge in [0.05, 0.1) is 17.6 Å². The number of hydrogen-bond donors (Lipinski definition) is 3. The van der Waals surface area contributed by atoms with Gasteiger partial charge in [0.1, 0.15) is 0 Å². The van der Waals surface area contributed by atoms with Gasteiger partial charge in [-0.05, 0) is 26.2 Å². The van der Waals surface area contributed by atoms with Crippen LogP contribution < -0.4 is 10.6 Å². The number of aliphatic carboxylic acids is 1. The predicted octanol–water partition coefficient (Wildman–Crippen LogP) is 1.35. The number of carboxylic acids is 1. The lowest BCUT2D eigenvalue weighted by Gasteiger charge is -2.27. The van der Waals surface area contributed by atoms with Crippen LogP contribution in [0.15, 0.2) is 0 Å². The normalized spacial score (nSPS) is 23.1. The highest BCUT2D eigenvalue weighted by Gasteiger charge is 2.35. The van der Waals surface area contributed by atoms with Crippen molar-refractivity contribution in [1.29, 1.82) is 0 Å². The zero-order valence-electron chi connectivity index (χ0n) is 11.9. The van der Waals surface area contributed by atoms with Crippen molar-refractivity contribution in [1.82, 2.24) is 10.6 Å². The van der Waals surface area contributed by atoms with Gasteiger partial charge in [-0.1, -0.05) is 13.8 Å². The molecule has 0 aliphatic carbocycles. The van der Waals surface area contributed by atoms with Gasteiger partial charge < -0.3 is 20.5 Å². The van der Waals surface area contributed by atoms with E-state index in [2.05, 4.69) is 10.6 Å². The molecule has 6 heteroatoms. The third kappa shape index (κ3) is 3.83. The van der Waals surface area contributed by atoms with E-state index in [1.165, 1.54) is 0 Å². The summed E-state index contributed by atoms with van der Waals surface area (Å²) in [5.74, 6) is -0.865. The van der Waals surface area contributed by atoms with Gasteiger partial charge in [-0.15, -0.1) is 0 Å². The Kier molecular flexibility index (Phi) is 5.60. The molecule has 3 N–H and O–H groups in total. The van der Waals surface area contributed by atoms with Crippen LogP contribution >= 0.6 is 0 Å². The summed E-state index contributed by atoms with van der Waals surface area (Å²) in [6.07, 6.45) is 1.77. The molecule has 1 saturated heterocycles. The average Bonchev–Trinajstić information content (AvgIpc) is 2.76. The van der Waals surface area contributed by atoms with Gasteiger partial charge in [-0.3, -0.25) is 4.79 Å². The number of ether oxygens (including phenoxy) is 1. The highest BCUT2D eigenvalue weighted by Crippen LogP contribution is 2.25. The molecule has 1 aliphatic heterocycles. The first-order chi connectivity index (χ1) is 8.95. The second-order valence-corrected chi connectivity index (χ2v) is 5.09. The highest BCUT2D eigenvalue weighted by atomic mass is 16.5. The summed E-state index contributed by atoms with van der Waals surface area (Å²) in [7, 11) is 0. The van der Waals surface area contributed by atoms with Crippen molar-refractivity contribution in [2.45, 2.75) is 52.2 Å². The Morgan fingerprint density at radius 2 is 2.00 bits per heavy atom. The van der Waals surface area contributed by atoms with Gasteiger partial charge >= 0.3 is 12.0 Å². The smallest absolute Gasteiger partial charge is 0.315 e. The molecule has 0 radical (unpaired) electrons. The van der Waals surface area contributed by atoms with Crippen LogP contribution in [0.3, 0.4) is 0 Å². The second-order valence-electron chi connectivity index (χ2n) is 5.09. The van der Waals surface area contributed by atoms with Crippen LogP contribution in [0, 0.1) is 5.41 Å². The SMILES string of the molecule is CCC(CC)(CNC(=O)NC1CCOC1C)C(=O)O. The molecule has 0 aromatic rings. The number of amides is 2. The first-order valence-corrected chi connectivity index (χ1v) is 6.84. The Labute approximate surface area is 113 Å². The summed E-state index contributed by atoms with van der Waals surface area (Å²) in [4.78, 5) is 23.1. The standard InChI is InChI=1S/C13H24N2O4/c1-4-13(5-2,11(16)17)8-14-12(18)15-10-6-7-19-9(10)3/h9-10H,4-8H2,1-3H3,(H,16,17)(H2,14,15,18). The van der Waals surface area contributed by atoms with Crippen LogP contribution in [0.4, 0.5) is 4.79 Å². The van der Waals surface area contributed by atoms with E-state index in [1.54, 1.807) is 0 Å². The maximum absolute atomic E-state index is 11.8. The summed E-state index contributed by atoms with van der Waals surface area (Å²) in [5, 5.41) is 14.8. The number of carbonyl (C=O) groups is 2. The number of urea groups is 1. The lowest BCUT2D eigenvalue weighted by Crippen LogP contribution is -2.49. The third-order valence-corrected chi connectivity index (χ3v) is 4.09. The fraction of sp³-hybridized carbons (Fsp3) is 0.846. The topological polar surface area (TPSA) is 87.7 Å². The monoisotopic (exact) mass is 272 g/mol. The lowest BCUT2D eigenvalue weighted by atomic mass is 9.82. The van der Waals surface area contributed by atoms with Crippen molar-refractivity contribution in [2.75, 3.05) is 13.2 Å². The van der Waals surface area contributed by atoms with E-state index >= 15 is 0 Å². The molecule has 0 spiro atoms. The van der Waals surface area contributed by atoms with Gasteiger partial charge in [0.2, 0.25) is 0 Å². The minimum absolute atomic E-state index is 0.00230. The van der Waals surface area contributed by atoms with Crippen molar-refractivity contribution in [2.24, 2.45) is 5.41 Å². The fourth-order valence-electron chi connectivity index (χ4n) is 2.27. The molecule has 6 nitrogen and oxygen atoms in total. The summed E-state index contributed by atoms with van der Waals surface area (Å²) < 4.78 is 5.36. The minimum Gasteiger partial charge on any atom is -0.481 e. The highest BCUT2D eigenvalue weighted by molar-refractivity contribution is 5.78. The van der Waals surface area contributed by atoms with E-state index in [0.717, 1.165) is 6.42 Å². The third-order valence-electron chi connectivity index (χ3n) is 4.09. The minimum atomic E-state index is -0.880. The largest absolute Gasteiger partial charge is 0.481 e. The average molecular weight is 272 g/mol. The van der Waals surface area contributed by atoms with Crippen LogP contribution in [0.5, 0.6) is 0 Å². The van der Waals surface area contributed by atoms with Crippen LogP contribution in [0.1, 0.15) is 40.0 Å². The summed E-state index contributed by atoms with van der Waals surface area (Å²) >= 11 is 0. The molecule has 2 unspecified atom stereocenters. The maximum Gasteiger partial charge on any atom is 0.315 e. The van der Waals surface area contributed by atoms with E-state index in [4.69, 9.17) is 4.74 Å². The van der Waals surface area contributed by atoms with E-state index in [-0.39, 0.29) is 24.7 Å². The quantitative estimate of drug-likeness (QED) is 0.681. The fourth-order valence-corrected chi connectivity index (χ4v) is 2.27. The van der Waals surface area contributed by atoms with Crippen molar-refractivity contribution < 1.29 is 19.4 Å². The van der Waals surface area contributed by atoms with Gasteiger partial charge in [0.15, 0.2) is 0 Å². The molecule has 1 aliphatic rings. The van der Waals surface area contributed by atoms with Crippen LogP contribution in [-0.4, -0.2) is 42.4 Å². The summed E-state index contributed by atoms with van der Waals surface area (Å²) in [6.45, 7) is 6.35. The Morgan fingerprint density at radius 3 is 2.42 bits per heavy atom. The molecule has 0 aromatic carbocycles. The zero-order chi connectivity index (χ0) is 14.5. The number of nitrogens with one attached hydrogen (secondary N) is 2. The molecule has 19 heavy (non-hydrogen) atoms. The lowest BCUT2D eigenvalue weighted by molar-refractivity contribution is -0.149. The van der Waals surface area contributed by atoms with Crippen LogP contribution in [-0.2, 0) is 9.53 Å². The van der Waals surface area contributed by atoms with E-state index in [0.29, 0.717) is 19.4 Å². The number of hydrogen-bond acceptors (Lipinski definition) is 3. The Balaban J connectivity index is 2.46. The molecular formula is C13H24N2O4. The van der Waals surface area contributed by atoms with Gasteiger partial charge in [0, 0.05) is 13.2 Å². The van der Waals surface area contributed by atoms with Gasteiger partial charge in [-0.25, -0.2) is 4.79 Å². The molecule has 0 bridgehead atoms. The number of carbonyl (C=O) groups excluding carboxylic acids is 1. The number of rotatable bonds is 6.